The number of hydrogen-bond acceptors (Lipinski definition) is 3. The Bertz CT molecular complexity index is 709. The fourth-order valence-electron chi connectivity index (χ4n) is 1.80. The van der Waals surface area contributed by atoms with Gasteiger partial charge in [-0.05, 0) is 11.5 Å². The summed E-state index contributed by atoms with van der Waals surface area (Å²) in [5.41, 5.74) is 7.35. The van der Waals surface area contributed by atoms with Crippen LogP contribution in [0, 0.1) is 0 Å². The molecule has 2 aromatic carbocycles. The minimum atomic E-state index is -0.479. The first kappa shape index (κ1) is 8.11. The van der Waals surface area contributed by atoms with E-state index in [1.165, 1.54) is 0 Å². The van der Waals surface area contributed by atoms with E-state index in [2.05, 4.69) is 4.98 Å². The average molecular weight is 200 g/mol. The third-order valence-corrected chi connectivity index (χ3v) is 2.45. The molecule has 4 heteroatoms. The molecule has 0 aliphatic carbocycles. The second-order valence-electron chi connectivity index (χ2n) is 3.41. The molecule has 1 heterocycles. The molecule has 4 nitrogen and oxygen atoms in total. The monoisotopic (exact) mass is 200 g/mol. The molecule has 3 rings (SSSR count). The van der Waals surface area contributed by atoms with Gasteiger partial charge < -0.3 is 10.2 Å². The van der Waals surface area contributed by atoms with Gasteiger partial charge in [-0.2, -0.15) is 0 Å². The molecule has 3 aromatic rings. The fraction of sp³-hybridized carbons (Fsp3) is 0. The lowest BCUT2D eigenvalue weighted by Crippen LogP contribution is -1.93. The summed E-state index contributed by atoms with van der Waals surface area (Å²) in [7, 11) is 0. The summed E-state index contributed by atoms with van der Waals surface area (Å²) in [5.74, 6) is -0.479. The number of anilines is 1. The Morgan fingerprint density at radius 2 is 2.07 bits per heavy atom. The van der Waals surface area contributed by atoms with Crippen LogP contribution in [-0.4, -0.2) is 4.98 Å². The van der Waals surface area contributed by atoms with E-state index in [1.54, 1.807) is 6.07 Å². The second-order valence-corrected chi connectivity index (χ2v) is 3.41. The lowest BCUT2D eigenvalue weighted by atomic mass is 10.1. The third-order valence-electron chi connectivity index (χ3n) is 2.45. The Morgan fingerprint density at radius 3 is 2.93 bits per heavy atom. The summed E-state index contributed by atoms with van der Waals surface area (Å²) in [6.07, 6.45) is 0. The van der Waals surface area contributed by atoms with Crippen molar-refractivity contribution in [2.24, 2.45) is 0 Å². The topological polar surface area (TPSA) is 72.0 Å². The van der Waals surface area contributed by atoms with E-state index in [-0.39, 0.29) is 0 Å². The van der Waals surface area contributed by atoms with Gasteiger partial charge in [0.25, 0.3) is 0 Å². The summed E-state index contributed by atoms with van der Waals surface area (Å²) in [6, 6.07) is 9.49. The van der Waals surface area contributed by atoms with Crippen LogP contribution in [0.4, 0.5) is 5.69 Å². The molecule has 0 bridgehead atoms. The number of rotatable bonds is 0. The molecule has 0 saturated heterocycles. The van der Waals surface area contributed by atoms with Crippen LogP contribution in [0.25, 0.3) is 21.9 Å². The van der Waals surface area contributed by atoms with Crippen LogP contribution in [0.3, 0.4) is 0 Å². The third kappa shape index (κ3) is 1.05. The molecular formula is C11H8N2O2. The minimum Gasteiger partial charge on any atom is -0.406 e. The maximum absolute atomic E-state index is 11.1. The van der Waals surface area contributed by atoms with Crippen LogP contribution in [-0.2, 0) is 0 Å². The van der Waals surface area contributed by atoms with Crippen molar-refractivity contribution in [3.05, 3.63) is 40.9 Å². The van der Waals surface area contributed by atoms with Crippen LogP contribution >= 0.6 is 0 Å². The zero-order chi connectivity index (χ0) is 10.4. The van der Waals surface area contributed by atoms with Crippen molar-refractivity contribution < 1.29 is 4.42 Å². The highest BCUT2D eigenvalue weighted by molar-refractivity contribution is 6.08. The number of H-pyrrole nitrogens is 1. The number of nitrogens with two attached hydrogens (primary N) is 1. The number of aromatic amines is 1. The Labute approximate surface area is 84.3 Å². The molecule has 0 spiro atoms. The number of nitrogens with one attached hydrogen (secondary N) is 1. The van der Waals surface area contributed by atoms with Crippen molar-refractivity contribution in [2.45, 2.75) is 0 Å². The molecule has 0 radical (unpaired) electrons. The maximum Gasteiger partial charge on any atom is 0.417 e. The van der Waals surface area contributed by atoms with Crippen LogP contribution in [0.15, 0.2) is 39.5 Å². The zero-order valence-electron chi connectivity index (χ0n) is 7.78. The summed E-state index contributed by atoms with van der Waals surface area (Å²) in [6.45, 7) is 0. The molecule has 3 N–H and O–H groups in total. The lowest BCUT2D eigenvalue weighted by Gasteiger charge is -2.00. The molecule has 74 valence electrons. The standard InChI is InChI=1S/C11H8N2O2/c12-8-5-6-3-1-2-4-7(6)9-10(8)15-11(14)13-9/h1-5H,12H2,(H,13,14). The van der Waals surface area contributed by atoms with Crippen LogP contribution in [0.5, 0.6) is 0 Å². The van der Waals surface area contributed by atoms with Crippen LogP contribution in [0.2, 0.25) is 0 Å². The highest BCUT2D eigenvalue weighted by Gasteiger charge is 2.08. The van der Waals surface area contributed by atoms with Crippen molar-refractivity contribution in [1.82, 2.24) is 4.98 Å². The van der Waals surface area contributed by atoms with Gasteiger partial charge in [-0.15, -0.1) is 0 Å². The van der Waals surface area contributed by atoms with Crippen LogP contribution < -0.4 is 11.5 Å². The number of nitrogen functional groups attached to an aromatic ring is 1. The van der Waals surface area contributed by atoms with E-state index in [1.807, 2.05) is 24.3 Å². The number of fused-ring (bicyclic) bond motifs is 3. The van der Waals surface area contributed by atoms with Gasteiger partial charge in [0, 0.05) is 5.39 Å². The quantitative estimate of drug-likeness (QED) is 0.544. The minimum absolute atomic E-state index is 0.429. The second kappa shape index (κ2) is 2.63. The first-order valence-electron chi connectivity index (χ1n) is 4.56. The molecule has 0 fully saturated rings. The van der Waals surface area contributed by atoms with Gasteiger partial charge in [-0.1, -0.05) is 24.3 Å². The van der Waals surface area contributed by atoms with E-state index in [0.717, 1.165) is 10.8 Å². The van der Waals surface area contributed by atoms with Crippen LogP contribution in [0.1, 0.15) is 0 Å². The Kier molecular flexibility index (Phi) is 1.42. The number of hydrogen-bond donors (Lipinski definition) is 2. The van der Waals surface area contributed by atoms with E-state index in [0.29, 0.717) is 16.8 Å². The molecule has 0 amide bonds. The number of aromatic nitrogens is 1. The highest BCUT2D eigenvalue weighted by atomic mass is 16.4. The predicted octanol–water partition coefficient (Wildman–Crippen LogP) is 1.86. The first-order valence-corrected chi connectivity index (χ1v) is 4.56. The molecule has 0 aliphatic heterocycles. The largest absolute Gasteiger partial charge is 0.417 e. The SMILES string of the molecule is Nc1cc2ccccc2c2[nH]c(=O)oc12. The Hall–Kier alpha value is -2.23. The normalized spacial score (nSPS) is 11.2. The summed E-state index contributed by atoms with van der Waals surface area (Å²) >= 11 is 0. The van der Waals surface area contributed by atoms with Crippen molar-refractivity contribution >= 4 is 27.6 Å². The number of benzene rings is 2. The molecule has 1 aromatic heterocycles. The highest BCUT2D eigenvalue weighted by Crippen LogP contribution is 2.27. The smallest absolute Gasteiger partial charge is 0.406 e. The summed E-state index contributed by atoms with van der Waals surface area (Å²) in [4.78, 5) is 13.7. The van der Waals surface area contributed by atoms with Gasteiger partial charge in [0.15, 0.2) is 5.58 Å². The van der Waals surface area contributed by atoms with Gasteiger partial charge in [0.2, 0.25) is 0 Å². The van der Waals surface area contributed by atoms with E-state index >= 15 is 0 Å². The lowest BCUT2D eigenvalue weighted by molar-refractivity contribution is 0.556. The summed E-state index contributed by atoms with van der Waals surface area (Å²) in [5, 5.41) is 1.92. The maximum atomic E-state index is 11.1. The van der Waals surface area contributed by atoms with Gasteiger partial charge in [0.05, 0.1) is 11.2 Å². The van der Waals surface area contributed by atoms with E-state index < -0.39 is 5.76 Å². The van der Waals surface area contributed by atoms with Crippen molar-refractivity contribution in [1.29, 1.82) is 0 Å². The molecule has 0 atom stereocenters. The van der Waals surface area contributed by atoms with Gasteiger partial charge in [0.1, 0.15) is 0 Å². The fourth-order valence-corrected chi connectivity index (χ4v) is 1.80. The number of oxazole rings is 1. The first-order chi connectivity index (χ1) is 7.25. The van der Waals surface area contributed by atoms with Crippen molar-refractivity contribution in [3.8, 4) is 0 Å². The van der Waals surface area contributed by atoms with Gasteiger partial charge in [-0.3, -0.25) is 4.98 Å². The van der Waals surface area contributed by atoms with E-state index in [4.69, 9.17) is 10.2 Å². The molecule has 0 unspecified atom stereocenters. The summed E-state index contributed by atoms with van der Waals surface area (Å²) < 4.78 is 4.97. The molecule has 0 aliphatic rings. The molecule has 15 heavy (non-hydrogen) atoms. The van der Waals surface area contributed by atoms with Crippen molar-refractivity contribution in [3.63, 3.8) is 0 Å². The van der Waals surface area contributed by atoms with E-state index in [9.17, 15) is 4.79 Å². The molecular weight excluding hydrogens is 192 g/mol. The Balaban J connectivity index is 2.69. The van der Waals surface area contributed by atoms with Gasteiger partial charge >= 0.3 is 5.76 Å². The average Bonchev–Trinajstić information content (AvgIpc) is 2.61. The van der Waals surface area contributed by atoms with Gasteiger partial charge in [-0.25, -0.2) is 4.79 Å². The zero-order valence-corrected chi connectivity index (χ0v) is 7.78. The Morgan fingerprint density at radius 1 is 1.27 bits per heavy atom. The predicted molar refractivity (Wildman–Crippen MR) is 58.8 cm³/mol. The van der Waals surface area contributed by atoms with Crippen molar-refractivity contribution in [2.75, 3.05) is 5.73 Å². The molecule has 0 saturated carbocycles.